The fourth-order valence-corrected chi connectivity index (χ4v) is 5.08. The van der Waals surface area contributed by atoms with Gasteiger partial charge in [-0.1, -0.05) is 12.1 Å². The van der Waals surface area contributed by atoms with Gasteiger partial charge in [-0.05, 0) is 61.0 Å². The summed E-state index contributed by atoms with van der Waals surface area (Å²) in [7, 11) is -4.08. The quantitative estimate of drug-likeness (QED) is 0.704. The van der Waals surface area contributed by atoms with E-state index in [4.69, 9.17) is 4.74 Å². The molecule has 1 atom stereocenters. The largest absolute Gasteiger partial charge is 0.495 e. The van der Waals surface area contributed by atoms with Gasteiger partial charge >= 0.3 is 0 Å². The summed E-state index contributed by atoms with van der Waals surface area (Å²) in [6.45, 7) is 1.39. The molecule has 0 saturated carbocycles. The Morgan fingerprint density at radius 1 is 1.10 bits per heavy atom. The van der Waals surface area contributed by atoms with Crippen LogP contribution in [0.4, 0.5) is 0 Å². The van der Waals surface area contributed by atoms with Crippen LogP contribution in [0.1, 0.15) is 22.6 Å². The third-order valence-electron chi connectivity index (χ3n) is 4.98. The first-order valence-electron chi connectivity index (χ1n) is 8.82. The number of fused-ring (bicyclic) bond motifs is 1. The molecule has 2 aromatic carbocycles. The van der Waals surface area contributed by atoms with E-state index >= 15 is 0 Å². The zero-order valence-electron chi connectivity index (χ0n) is 16.4. The maximum Gasteiger partial charge on any atom is 0.240 e. The van der Waals surface area contributed by atoms with Crippen molar-refractivity contribution in [2.75, 3.05) is 33.5 Å². The smallest absolute Gasteiger partial charge is 0.240 e. The van der Waals surface area contributed by atoms with Crippen LogP contribution >= 0.6 is 12.4 Å². The summed E-state index contributed by atoms with van der Waals surface area (Å²) in [6, 6.07) is 10.2. The number of nitrogens with one attached hydrogen (secondary N) is 2. The fraction of sp³-hybridized carbons (Fsp3) is 0.368. The number of sulfonamides is 1. The van der Waals surface area contributed by atoms with Crippen molar-refractivity contribution in [1.82, 2.24) is 10.0 Å². The van der Waals surface area contributed by atoms with Crippen LogP contribution in [0.5, 0.6) is 5.75 Å². The van der Waals surface area contributed by atoms with Crippen LogP contribution in [0.3, 0.4) is 0 Å². The number of benzene rings is 2. The molecule has 10 heteroatoms. The first-order valence-corrected chi connectivity index (χ1v) is 12.2. The van der Waals surface area contributed by atoms with Crippen molar-refractivity contribution in [3.63, 3.8) is 0 Å². The van der Waals surface area contributed by atoms with Crippen LogP contribution in [-0.2, 0) is 26.3 Å². The number of rotatable bonds is 5. The molecule has 0 fully saturated rings. The Morgan fingerprint density at radius 2 is 1.76 bits per heavy atom. The lowest BCUT2D eigenvalue weighted by Crippen LogP contribution is -2.21. The van der Waals surface area contributed by atoms with Gasteiger partial charge in [-0.2, -0.15) is 0 Å². The molecule has 2 aromatic rings. The van der Waals surface area contributed by atoms with Crippen LogP contribution in [0.25, 0.3) is 0 Å². The molecule has 29 heavy (non-hydrogen) atoms. The Morgan fingerprint density at radius 3 is 2.31 bits per heavy atom. The normalized spacial score (nSPS) is 17.0. The predicted molar refractivity (Wildman–Crippen MR) is 114 cm³/mol. The minimum atomic E-state index is -3.50. The van der Waals surface area contributed by atoms with Crippen molar-refractivity contribution in [1.29, 1.82) is 0 Å². The summed E-state index contributed by atoms with van der Waals surface area (Å²) in [5.41, 5.74) is 2.88. The second kappa shape index (κ2) is 9.01. The summed E-state index contributed by atoms with van der Waals surface area (Å²) in [6.07, 6.45) is 1.87. The van der Waals surface area contributed by atoms with Crippen LogP contribution < -0.4 is 14.8 Å². The molecule has 2 N–H and O–H groups in total. The molecule has 0 aromatic heterocycles. The Bertz CT molecular complexity index is 1080. The molecule has 0 saturated heterocycles. The van der Waals surface area contributed by atoms with Gasteiger partial charge in [0.15, 0.2) is 9.84 Å². The monoisotopic (exact) mass is 460 g/mol. The molecule has 0 radical (unpaired) electrons. The van der Waals surface area contributed by atoms with Crippen molar-refractivity contribution in [3.05, 3.63) is 53.1 Å². The minimum absolute atomic E-state index is 0. The Kier molecular flexibility index (Phi) is 7.34. The van der Waals surface area contributed by atoms with E-state index in [0.717, 1.165) is 23.2 Å². The van der Waals surface area contributed by atoms with E-state index in [1.165, 1.54) is 20.4 Å². The van der Waals surface area contributed by atoms with Gasteiger partial charge in [0.05, 0.1) is 12.0 Å². The van der Waals surface area contributed by atoms with Crippen LogP contribution in [-0.4, -0.2) is 50.3 Å². The summed E-state index contributed by atoms with van der Waals surface area (Å²) in [5.74, 6) is 0.272. The highest BCUT2D eigenvalue weighted by atomic mass is 35.5. The predicted octanol–water partition coefficient (Wildman–Crippen LogP) is 1.71. The average molecular weight is 461 g/mol. The second-order valence-electron chi connectivity index (χ2n) is 6.76. The Balaban J connectivity index is 0.00000300. The summed E-state index contributed by atoms with van der Waals surface area (Å²) in [4.78, 5) is 0.385. The minimum Gasteiger partial charge on any atom is -0.495 e. The van der Waals surface area contributed by atoms with Gasteiger partial charge in [-0.25, -0.2) is 21.6 Å². The molecule has 0 bridgehead atoms. The van der Waals surface area contributed by atoms with Gasteiger partial charge in [-0.3, -0.25) is 0 Å². The topological polar surface area (TPSA) is 102 Å². The Labute approximate surface area is 178 Å². The molecule has 0 amide bonds. The molecular weight excluding hydrogens is 436 g/mol. The molecular formula is C19H25ClN2O5S2. The van der Waals surface area contributed by atoms with E-state index in [1.54, 1.807) is 36.4 Å². The second-order valence-corrected chi connectivity index (χ2v) is 10.6. The highest BCUT2D eigenvalue weighted by Crippen LogP contribution is 2.36. The SMILES string of the molecule is CNS(=O)(=O)c1ccc(C2CNCCc3cc(S(C)(=O)=O)c(OC)cc32)cc1.Cl. The highest BCUT2D eigenvalue weighted by molar-refractivity contribution is 7.90. The van der Waals surface area contributed by atoms with Crippen LogP contribution in [0.15, 0.2) is 46.2 Å². The van der Waals surface area contributed by atoms with Gasteiger partial charge in [0, 0.05) is 18.7 Å². The van der Waals surface area contributed by atoms with Crippen molar-refractivity contribution < 1.29 is 21.6 Å². The molecule has 1 unspecified atom stereocenters. The maximum absolute atomic E-state index is 12.1. The zero-order chi connectivity index (χ0) is 20.5. The number of ether oxygens (including phenoxy) is 1. The van der Waals surface area contributed by atoms with Crippen molar-refractivity contribution >= 4 is 32.3 Å². The van der Waals surface area contributed by atoms with Crippen LogP contribution in [0, 0.1) is 0 Å². The lowest BCUT2D eigenvalue weighted by molar-refractivity contribution is 0.402. The van der Waals surface area contributed by atoms with E-state index < -0.39 is 19.9 Å². The van der Waals surface area contributed by atoms with Crippen LogP contribution in [0.2, 0.25) is 0 Å². The van der Waals surface area contributed by atoms with Crippen molar-refractivity contribution in [2.45, 2.75) is 22.1 Å². The first-order chi connectivity index (χ1) is 13.2. The van der Waals surface area contributed by atoms with E-state index in [2.05, 4.69) is 10.0 Å². The van der Waals surface area contributed by atoms with E-state index in [9.17, 15) is 16.8 Å². The molecule has 0 aliphatic carbocycles. The first kappa shape index (κ1) is 23.6. The summed E-state index contributed by atoms with van der Waals surface area (Å²) in [5, 5.41) is 3.37. The van der Waals surface area contributed by atoms with Gasteiger partial charge < -0.3 is 10.1 Å². The van der Waals surface area contributed by atoms with Crippen molar-refractivity contribution in [2.24, 2.45) is 0 Å². The number of halogens is 1. The molecule has 1 aliphatic heterocycles. The zero-order valence-corrected chi connectivity index (χ0v) is 18.9. The van der Waals surface area contributed by atoms with Gasteiger partial charge in [0.25, 0.3) is 0 Å². The lowest BCUT2D eigenvalue weighted by Gasteiger charge is -2.20. The highest BCUT2D eigenvalue weighted by Gasteiger charge is 2.25. The molecule has 0 spiro atoms. The lowest BCUT2D eigenvalue weighted by atomic mass is 9.88. The average Bonchev–Trinajstić information content (AvgIpc) is 2.88. The summed E-state index contributed by atoms with van der Waals surface area (Å²) < 4.78 is 55.9. The Hall–Kier alpha value is -1.65. The van der Waals surface area contributed by atoms with E-state index in [-0.39, 0.29) is 28.1 Å². The summed E-state index contributed by atoms with van der Waals surface area (Å²) >= 11 is 0. The number of hydrogen-bond acceptors (Lipinski definition) is 6. The molecule has 160 valence electrons. The number of methoxy groups -OCH3 is 1. The molecule has 7 nitrogen and oxygen atoms in total. The number of hydrogen-bond donors (Lipinski definition) is 2. The van der Waals surface area contributed by atoms with E-state index in [1.807, 2.05) is 0 Å². The van der Waals surface area contributed by atoms with Gasteiger partial charge in [-0.15, -0.1) is 12.4 Å². The third kappa shape index (κ3) is 4.92. The molecule has 1 aliphatic rings. The molecule has 3 rings (SSSR count). The fourth-order valence-electron chi connectivity index (χ4n) is 3.48. The number of sulfone groups is 1. The third-order valence-corrected chi connectivity index (χ3v) is 7.53. The van der Waals surface area contributed by atoms with Crippen molar-refractivity contribution in [3.8, 4) is 5.75 Å². The van der Waals surface area contributed by atoms with E-state index in [0.29, 0.717) is 18.7 Å². The van der Waals surface area contributed by atoms with Gasteiger partial charge in [0.1, 0.15) is 10.6 Å². The van der Waals surface area contributed by atoms with Gasteiger partial charge in [0.2, 0.25) is 10.0 Å². The standard InChI is InChI=1S/C19H24N2O5S2.ClH/c1-20-28(24,25)15-6-4-13(5-7-15)17-12-21-9-8-14-10-19(27(3,22)23)18(26-2)11-16(14)17;/h4-7,10-11,17,20-21H,8-9,12H2,1-3H3;1H. The maximum atomic E-state index is 12.1. The molecule has 1 heterocycles.